The second-order valence-electron chi connectivity index (χ2n) is 5.53. The van der Waals surface area contributed by atoms with Crippen LogP contribution in [-0.4, -0.2) is 42.3 Å². The van der Waals surface area contributed by atoms with Gasteiger partial charge in [0.2, 0.25) is 5.95 Å². The van der Waals surface area contributed by atoms with Crippen LogP contribution in [0, 0.1) is 0 Å². The zero-order valence-corrected chi connectivity index (χ0v) is 14.1. The third-order valence-electron chi connectivity index (χ3n) is 3.44. The molecule has 11 heteroatoms. The van der Waals surface area contributed by atoms with E-state index in [4.69, 9.17) is 20.3 Å². The van der Waals surface area contributed by atoms with E-state index in [1.165, 1.54) is 0 Å². The first-order valence-corrected chi connectivity index (χ1v) is 9.49. The van der Waals surface area contributed by atoms with Crippen molar-refractivity contribution in [2.24, 2.45) is 0 Å². The van der Waals surface area contributed by atoms with Gasteiger partial charge in [0.05, 0.1) is 6.33 Å². The number of rotatable bonds is 10. The first kappa shape index (κ1) is 18.6. The maximum absolute atomic E-state index is 11.7. The summed E-state index contributed by atoms with van der Waals surface area (Å²) in [5.41, 5.74) is 5.98. The lowest BCUT2D eigenvalue weighted by Gasteiger charge is -2.06. The van der Waals surface area contributed by atoms with Gasteiger partial charge >= 0.3 is 7.60 Å². The number of aromatic amines is 1. The van der Waals surface area contributed by atoms with Crippen molar-refractivity contribution in [2.75, 3.05) is 18.7 Å². The molecule has 0 atom stereocenters. The minimum absolute atomic E-state index is 0.0737. The van der Waals surface area contributed by atoms with E-state index >= 15 is 0 Å². The highest BCUT2D eigenvalue weighted by molar-refractivity contribution is 7.51. The molecule has 2 aromatic heterocycles. The van der Waals surface area contributed by atoms with Crippen molar-refractivity contribution in [3.8, 4) is 0 Å². The SMILES string of the molecule is Nc1nc2c(ncn2CCCCCCCOCP(=O)(O)O)c(=O)[nH]1. The lowest BCUT2D eigenvalue weighted by molar-refractivity contribution is 0.152. The molecule has 0 aliphatic rings. The highest BCUT2D eigenvalue weighted by Crippen LogP contribution is 2.33. The van der Waals surface area contributed by atoms with Crippen LogP contribution in [0.3, 0.4) is 0 Å². The maximum atomic E-state index is 11.7. The summed E-state index contributed by atoms with van der Waals surface area (Å²) in [5.74, 6) is 0.0737. The van der Waals surface area contributed by atoms with Crippen LogP contribution < -0.4 is 11.3 Å². The van der Waals surface area contributed by atoms with Crippen molar-refractivity contribution < 1.29 is 19.1 Å². The monoisotopic (exact) mass is 359 g/mol. The van der Waals surface area contributed by atoms with Gasteiger partial charge in [-0.2, -0.15) is 4.98 Å². The van der Waals surface area contributed by atoms with Gasteiger partial charge in [0.15, 0.2) is 11.2 Å². The number of aryl methyl sites for hydroxylation is 1. The van der Waals surface area contributed by atoms with Gasteiger partial charge < -0.3 is 24.8 Å². The third kappa shape index (κ3) is 5.72. The molecule has 0 fully saturated rings. The van der Waals surface area contributed by atoms with E-state index < -0.39 is 13.9 Å². The van der Waals surface area contributed by atoms with E-state index in [9.17, 15) is 9.36 Å². The second kappa shape index (κ2) is 8.39. The maximum Gasteiger partial charge on any atom is 0.350 e. The molecule has 0 saturated carbocycles. The number of anilines is 1. The Morgan fingerprint density at radius 1 is 1.25 bits per heavy atom. The Labute approximate surface area is 138 Å². The summed E-state index contributed by atoms with van der Waals surface area (Å²) in [6.45, 7) is 1.05. The minimum Gasteiger partial charge on any atom is -0.369 e. The number of aromatic nitrogens is 4. The summed E-state index contributed by atoms with van der Waals surface area (Å²) >= 11 is 0. The summed E-state index contributed by atoms with van der Waals surface area (Å²) in [7, 11) is -4.06. The van der Waals surface area contributed by atoms with Gasteiger partial charge in [0, 0.05) is 13.2 Å². The Balaban J connectivity index is 1.65. The molecule has 5 N–H and O–H groups in total. The molecule has 0 amide bonds. The largest absolute Gasteiger partial charge is 0.369 e. The number of unbranched alkanes of at least 4 members (excludes halogenated alkanes) is 4. The van der Waals surface area contributed by atoms with Gasteiger partial charge in [0.1, 0.15) is 6.35 Å². The van der Waals surface area contributed by atoms with Crippen molar-refractivity contribution in [1.82, 2.24) is 19.5 Å². The van der Waals surface area contributed by atoms with Crippen molar-refractivity contribution in [2.45, 2.75) is 38.6 Å². The summed E-state index contributed by atoms with van der Waals surface area (Å²) < 4.78 is 17.3. The van der Waals surface area contributed by atoms with Crippen LogP contribution in [0.25, 0.3) is 11.2 Å². The number of imidazole rings is 1. The van der Waals surface area contributed by atoms with E-state index in [0.717, 1.165) is 32.1 Å². The zero-order valence-electron chi connectivity index (χ0n) is 13.2. The fourth-order valence-corrected chi connectivity index (χ4v) is 2.70. The third-order valence-corrected chi connectivity index (χ3v) is 3.96. The Morgan fingerprint density at radius 3 is 2.71 bits per heavy atom. The predicted octanol–water partition coefficient (Wildman–Crippen LogP) is 0.804. The quantitative estimate of drug-likeness (QED) is 0.358. The van der Waals surface area contributed by atoms with Crippen molar-refractivity contribution in [3.63, 3.8) is 0 Å². The van der Waals surface area contributed by atoms with E-state index in [-0.39, 0.29) is 17.0 Å². The van der Waals surface area contributed by atoms with E-state index in [1.54, 1.807) is 6.33 Å². The van der Waals surface area contributed by atoms with Crippen molar-refractivity contribution in [1.29, 1.82) is 0 Å². The van der Waals surface area contributed by atoms with Crippen molar-refractivity contribution >= 4 is 24.7 Å². The first-order chi connectivity index (χ1) is 11.4. The molecule has 24 heavy (non-hydrogen) atoms. The van der Waals surface area contributed by atoms with E-state index in [0.29, 0.717) is 18.8 Å². The number of hydrogen-bond donors (Lipinski definition) is 4. The van der Waals surface area contributed by atoms with E-state index in [1.807, 2.05) is 4.57 Å². The summed E-state index contributed by atoms with van der Waals surface area (Å²) in [5, 5.41) is 0. The molecule has 0 radical (unpaired) electrons. The summed E-state index contributed by atoms with van der Waals surface area (Å²) in [6.07, 6.45) is 5.64. The van der Waals surface area contributed by atoms with Gasteiger partial charge in [-0.1, -0.05) is 19.3 Å². The second-order valence-corrected chi connectivity index (χ2v) is 7.12. The molecule has 134 valence electrons. The lowest BCUT2D eigenvalue weighted by Crippen LogP contribution is -2.12. The van der Waals surface area contributed by atoms with Crippen LogP contribution in [0.15, 0.2) is 11.1 Å². The van der Waals surface area contributed by atoms with Crippen LogP contribution in [-0.2, 0) is 15.8 Å². The number of H-pyrrole nitrogens is 1. The van der Waals surface area contributed by atoms with Crippen LogP contribution in [0.1, 0.15) is 32.1 Å². The molecule has 0 aliphatic carbocycles. The summed E-state index contributed by atoms with van der Waals surface area (Å²) in [4.78, 5) is 39.5. The highest BCUT2D eigenvalue weighted by atomic mass is 31.2. The molecule has 0 unspecified atom stereocenters. The Morgan fingerprint density at radius 2 is 1.96 bits per heavy atom. The topological polar surface area (TPSA) is 156 Å². The number of nitrogens with zero attached hydrogens (tertiary/aromatic N) is 3. The fourth-order valence-electron chi connectivity index (χ4n) is 2.33. The molecule has 0 saturated heterocycles. The Hall–Kier alpha value is -1.74. The molecular weight excluding hydrogens is 337 g/mol. The van der Waals surface area contributed by atoms with Crippen LogP contribution in [0.4, 0.5) is 5.95 Å². The average molecular weight is 359 g/mol. The molecule has 0 spiro atoms. The van der Waals surface area contributed by atoms with E-state index in [2.05, 4.69) is 15.0 Å². The van der Waals surface area contributed by atoms with Gasteiger partial charge in [-0.05, 0) is 12.8 Å². The van der Waals surface area contributed by atoms with Crippen LogP contribution >= 0.6 is 7.60 Å². The van der Waals surface area contributed by atoms with Gasteiger partial charge in [-0.25, -0.2) is 4.98 Å². The first-order valence-electron chi connectivity index (χ1n) is 7.70. The fraction of sp³-hybridized carbons (Fsp3) is 0.615. The molecule has 0 bridgehead atoms. The minimum atomic E-state index is -4.06. The average Bonchev–Trinajstić information content (AvgIpc) is 2.87. The van der Waals surface area contributed by atoms with Gasteiger partial charge in [0.25, 0.3) is 5.56 Å². The number of fused-ring (bicyclic) bond motifs is 1. The molecule has 0 aromatic carbocycles. The van der Waals surface area contributed by atoms with Gasteiger partial charge in [-0.3, -0.25) is 14.3 Å². The molecule has 0 aliphatic heterocycles. The lowest BCUT2D eigenvalue weighted by atomic mass is 10.1. The summed E-state index contributed by atoms with van der Waals surface area (Å²) in [6, 6.07) is 0. The van der Waals surface area contributed by atoms with Gasteiger partial charge in [-0.15, -0.1) is 0 Å². The van der Waals surface area contributed by atoms with Crippen LogP contribution in [0.2, 0.25) is 0 Å². The Bertz CT molecular complexity index is 768. The molecule has 10 nitrogen and oxygen atoms in total. The number of nitrogens with two attached hydrogens (primary N) is 1. The Kier molecular flexibility index (Phi) is 6.50. The molecule has 2 heterocycles. The molecule has 2 rings (SSSR count). The number of hydrogen-bond acceptors (Lipinski definition) is 6. The zero-order chi connectivity index (χ0) is 17.6. The number of nitrogen functional groups attached to an aromatic ring is 1. The van der Waals surface area contributed by atoms with Crippen LogP contribution in [0.5, 0.6) is 0 Å². The normalized spacial score (nSPS) is 12.1. The highest BCUT2D eigenvalue weighted by Gasteiger charge is 2.12. The molecular formula is C13H22N5O5P. The number of ether oxygens (including phenoxy) is 1. The standard InChI is InChI=1S/C13H22N5O5P/c14-13-16-11-10(12(19)17-13)15-8-18(11)6-4-2-1-3-5-7-23-9-24(20,21)22/h8H,1-7,9H2,(H2,20,21,22)(H3,14,16,17,19). The molecule has 2 aromatic rings. The smallest absolute Gasteiger partial charge is 0.350 e. The number of nitrogens with one attached hydrogen (secondary N) is 1. The predicted molar refractivity (Wildman–Crippen MR) is 88.5 cm³/mol. The van der Waals surface area contributed by atoms with Crippen molar-refractivity contribution in [3.05, 3.63) is 16.7 Å².